The summed E-state index contributed by atoms with van der Waals surface area (Å²) in [6.45, 7) is 3.01. The van der Waals surface area contributed by atoms with Crippen LogP contribution in [0.25, 0.3) is 6.08 Å². The molecule has 0 unspecified atom stereocenters. The molecule has 2 aliphatic heterocycles. The number of carbonyl (C=O) groups is 3. The largest absolute Gasteiger partial charge is 0.481 e. The molecule has 0 aromatic heterocycles. The van der Waals surface area contributed by atoms with Gasteiger partial charge in [-0.3, -0.25) is 14.4 Å². The molecular weight excluding hydrogens is 428 g/mol. The molecule has 9 heteroatoms. The molecule has 0 saturated carbocycles. The molecule has 32 heavy (non-hydrogen) atoms. The van der Waals surface area contributed by atoms with Crippen LogP contribution in [0.2, 0.25) is 0 Å². The molecule has 2 heterocycles. The fourth-order valence-corrected chi connectivity index (χ4v) is 4.23. The molecule has 2 amide bonds. The molecule has 0 radical (unpaired) electrons. The molecule has 8 nitrogen and oxygen atoms in total. The normalized spacial score (nSPS) is 18.8. The number of carboxylic acid groups (broad SMARTS) is 1. The first-order valence-electron chi connectivity index (χ1n) is 10.2. The van der Waals surface area contributed by atoms with Crippen LogP contribution in [0.5, 0.6) is 0 Å². The number of nitrogens with zero attached hydrogens (tertiary/aromatic N) is 2. The van der Waals surface area contributed by atoms with E-state index in [0.29, 0.717) is 40.0 Å². The summed E-state index contributed by atoms with van der Waals surface area (Å²) in [5.41, 5.74) is 2.76. The predicted molar refractivity (Wildman–Crippen MR) is 124 cm³/mol. The maximum absolute atomic E-state index is 12.6. The van der Waals surface area contributed by atoms with Crippen LogP contribution < -0.4 is 10.6 Å². The van der Waals surface area contributed by atoms with E-state index in [0.717, 1.165) is 18.7 Å². The van der Waals surface area contributed by atoms with Crippen molar-refractivity contribution in [3.63, 3.8) is 0 Å². The smallest absolute Gasteiger partial charge is 0.307 e. The standard InChI is InChI=1S/C23H22N4O4S/c28-20(29)14-16-3-7-18(8-4-16)25-23-26-21(30)19(32-23)13-15-1-5-17(6-2-15)22(31)27-11-9-24-10-12-27/h1-8,13,24H,9-12,14H2,(H,28,29)(H,25,26,30)/b19-13+. The van der Waals surface area contributed by atoms with Gasteiger partial charge in [0.2, 0.25) is 0 Å². The van der Waals surface area contributed by atoms with Crippen molar-refractivity contribution in [3.8, 4) is 0 Å². The number of carbonyl (C=O) groups excluding carboxylic acids is 2. The molecule has 3 N–H and O–H groups in total. The van der Waals surface area contributed by atoms with Gasteiger partial charge in [0, 0.05) is 31.7 Å². The number of thioether (sulfide) groups is 1. The number of amidine groups is 1. The van der Waals surface area contributed by atoms with Gasteiger partial charge in [-0.15, -0.1) is 0 Å². The number of hydrogen-bond acceptors (Lipinski definition) is 6. The number of amides is 2. The Hall–Kier alpha value is -3.43. The Bertz CT molecular complexity index is 1090. The molecule has 2 fully saturated rings. The molecule has 2 aliphatic rings. The monoisotopic (exact) mass is 450 g/mol. The number of piperazine rings is 1. The van der Waals surface area contributed by atoms with Crippen molar-refractivity contribution in [2.24, 2.45) is 4.99 Å². The van der Waals surface area contributed by atoms with E-state index < -0.39 is 5.97 Å². The Morgan fingerprint density at radius 2 is 1.75 bits per heavy atom. The van der Waals surface area contributed by atoms with Gasteiger partial charge in [0.25, 0.3) is 11.8 Å². The van der Waals surface area contributed by atoms with Gasteiger partial charge in [-0.05, 0) is 53.2 Å². The molecule has 4 rings (SSSR count). The number of carboxylic acids is 1. The van der Waals surface area contributed by atoms with Crippen LogP contribution >= 0.6 is 11.8 Å². The number of benzene rings is 2. The van der Waals surface area contributed by atoms with Crippen molar-refractivity contribution in [2.45, 2.75) is 6.42 Å². The van der Waals surface area contributed by atoms with Crippen LogP contribution in [0.1, 0.15) is 21.5 Å². The lowest BCUT2D eigenvalue weighted by atomic mass is 10.1. The first-order chi connectivity index (χ1) is 15.5. The maximum Gasteiger partial charge on any atom is 0.307 e. The highest BCUT2D eigenvalue weighted by Crippen LogP contribution is 2.28. The Morgan fingerprint density at radius 3 is 2.41 bits per heavy atom. The summed E-state index contributed by atoms with van der Waals surface area (Å²) in [6.07, 6.45) is 1.71. The Kier molecular flexibility index (Phi) is 6.67. The van der Waals surface area contributed by atoms with E-state index in [-0.39, 0.29) is 18.2 Å². The molecule has 2 aromatic rings. The summed E-state index contributed by atoms with van der Waals surface area (Å²) in [6, 6.07) is 14.1. The molecular formula is C23H22N4O4S. The average Bonchev–Trinajstić information content (AvgIpc) is 3.14. The minimum atomic E-state index is -0.890. The molecule has 164 valence electrons. The molecule has 0 atom stereocenters. The van der Waals surface area contributed by atoms with Crippen LogP contribution in [0.3, 0.4) is 0 Å². The minimum absolute atomic E-state index is 0.0162. The van der Waals surface area contributed by atoms with Crippen molar-refractivity contribution >= 4 is 46.5 Å². The van der Waals surface area contributed by atoms with Gasteiger partial charge in [-0.1, -0.05) is 24.3 Å². The number of hydrogen-bond donors (Lipinski definition) is 3. The zero-order chi connectivity index (χ0) is 22.5. The number of nitrogens with one attached hydrogen (secondary N) is 2. The summed E-state index contributed by atoms with van der Waals surface area (Å²) in [7, 11) is 0. The van der Waals surface area contributed by atoms with E-state index in [1.165, 1.54) is 11.8 Å². The van der Waals surface area contributed by atoms with Gasteiger partial charge in [0.15, 0.2) is 5.17 Å². The summed E-state index contributed by atoms with van der Waals surface area (Å²) < 4.78 is 0. The fraction of sp³-hybridized carbons (Fsp3) is 0.217. The fourth-order valence-electron chi connectivity index (χ4n) is 3.38. The van der Waals surface area contributed by atoms with E-state index in [1.807, 2.05) is 17.0 Å². The quantitative estimate of drug-likeness (QED) is 0.603. The van der Waals surface area contributed by atoms with Gasteiger partial charge in [0.1, 0.15) is 0 Å². The van der Waals surface area contributed by atoms with Crippen LogP contribution in [0, 0.1) is 0 Å². The Labute approximate surface area is 189 Å². The van der Waals surface area contributed by atoms with Crippen LogP contribution in [0.15, 0.2) is 58.4 Å². The van der Waals surface area contributed by atoms with Gasteiger partial charge >= 0.3 is 5.97 Å². The van der Waals surface area contributed by atoms with Crippen LogP contribution in [-0.2, 0) is 16.0 Å². The van der Waals surface area contributed by atoms with E-state index in [4.69, 9.17) is 5.11 Å². The van der Waals surface area contributed by atoms with Gasteiger partial charge in [0.05, 0.1) is 17.0 Å². The molecule has 0 spiro atoms. The lowest BCUT2D eigenvalue weighted by Gasteiger charge is -2.27. The zero-order valence-corrected chi connectivity index (χ0v) is 18.0. The zero-order valence-electron chi connectivity index (χ0n) is 17.2. The van der Waals surface area contributed by atoms with Crippen LogP contribution in [-0.4, -0.2) is 59.1 Å². The molecule has 2 saturated heterocycles. The summed E-state index contributed by atoms with van der Waals surface area (Å²) >= 11 is 1.23. The predicted octanol–water partition coefficient (Wildman–Crippen LogP) is 2.25. The second-order valence-electron chi connectivity index (χ2n) is 7.38. The van der Waals surface area contributed by atoms with E-state index >= 15 is 0 Å². The third kappa shape index (κ3) is 5.43. The molecule has 2 aromatic carbocycles. The summed E-state index contributed by atoms with van der Waals surface area (Å²) in [5, 5.41) is 15.3. The maximum atomic E-state index is 12.6. The first-order valence-corrected chi connectivity index (χ1v) is 11.0. The Balaban J connectivity index is 1.42. The third-order valence-electron chi connectivity index (χ3n) is 5.03. The Morgan fingerprint density at radius 1 is 1.06 bits per heavy atom. The average molecular weight is 451 g/mol. The van der Waals surface area contributed by atoms with Crippen LogP contribution in [0.4, 0.5) is 5.69 Å². The van der Waals surface area contributed by atoms with Gasteiger partial charge < -0.3 is 20.6 Å². The van der Waals surface area contributed by atoms with Crippen molar-refractivity contribution in [2.75, 3.05) is 26.2 Å². The highest BCUT2D eigenvalue weighted by Gasteiger charge is 2.24. The van der Waals surface area contributed by atoms with E-state index in [1.54, 1.807) is 42.5 Å². The molecule has 0 aliphatic carbocycles. The highest BCUT2D eigenvalue weighted by atomic mass is 32.2. The number of aliphatic carboxylic acids is 1. The number of aliphatic imine (C=N–C) groups is 1. The SMILES string of the molecule is O=C(O)Cc1ccc(N=C2NC(=O)/C(=C\c3ccc(C(=O)N4CCNCC4)cc3)S2)cc1. The first kappa shape index (κ1) is 21.8. The van der Waals surface area contributed by atoms with Crippen molar-refractivity contribution in [1.82, 2.24) is 15.5 Å². The second-order valence-corrected chi connectivity index (χ2v) is 8.41. The van der Waals surface area contributed by atoms with Gasteiger partial charge in [-0.2, -0.15) is 0 Å². The topological polar surface area (TPSA) is 111 Å². The summed E-state index contributed by atoms with van der Waals surface area (Å²) in [4.78, 5) is 42.4. The lowest BCUT2D eigenvalue weighted by molar-refractivity contribution is -0.136. The number of rotatable bonds is 5. The summed E-state index contributed by atoms with van der Waals surface area (Å²) in [5.74, 6) is -1.11. The van der Waals surface area contributed by atoms with Crippen molar-refractivity contribution in [3.05, 3.63) is 70.1 Å². The highest BCUT2D eigenvalue weighted by molar-refractivity contribution is 8.18. The third-order valence-corrected chi connectivity index (χ3v) is 5.94. The lowest BCUT2D eigenvalue weighted by Crippen LogP contribution is -2.46. The van der Waals surface area contributed by atoms with Crippen molar-refractivity contribution < 1.29 is 19.5 Å². The van der Waals surface area contributed by atoms with E-state index in [2.05, 4.69) is 15.6 Å². The van der Waals surface area contributed by atoms with Crippen molar-refractivity contribution in [1.29, 1.82) is 0 Å². The molecule has 0 bridgehead atoms. The van der Waals surface area contributed by atoms with Gasteiger partial charge in [-0.25, -0.2) is 4.99 Å². The van der Waals surface area contributed by atoms with E-state index in [9.17, 15) is 14.4 Å². The minimum Gasteiger partial charge on any atom is -0.481 e. The second kappa shape index (κ2) is 9.80.